The SMILES string of the molecule is CCOC(=O)c1cc2c(nn1)CCOC2. The summed E-state index contributed by atoms with van der Waals surface area (Å²) in [5.41, 5.74) is 2.09. The van der Waals surface area contributed by atoms with Crippen molar-refractivity contribution in [3.05, 3.63) is 23.0 Å². The van der Waals surface area contributed by atoms with Crippen molar-refractivity contribution in [1.82, 2.24) is 10.2 Å². The third-order valence-corrected chi connectivity index (χ3v) is 2.19. The van der Waals surface area contributed by atoms with Crippen LogP contribution in [0.4, 0.5) is 0 Å². The minimum atomic E-state index is -0.432. The minimum Gasteiger partial charge on any atom is -0.461 e. The Balaban J connectivity index is 2.24. The van der Waals surface area contributed by atoms with Gasteiger partial charge in [-0.2, -0.15) is 5.10 Å². The normalized spacial score (nSPS) is 14.5. The Hall–Kier alpha value is -1.49. The molecule has 0 N–H and O–H groups in total. The molecule has 15 heavy (non-hydrogen) atoms. The van der Waals surface area contributed by atoms with Crippen molar-refractivity contribution in [2.24, 2.45) is 0 Å². The molecule has 2 rings (SSSR count). The van der Waals surface area contributed by atoms with Crippen molar-refractivity contribution in [3.8, 4) is 0 Å². The van der Waals surface area contributed by atoms with Gasteiger partial charge in [-0.1, -0.05) is 0 Å². The van der Waals surface area contributed by atoms with Gasteiger partial charge in [0.15, 0.2) is 5.69 Å². The number of carbonyl (C=O) groups excluding carboxylic acids is 1. The molecule has 0 fully saturated rings. The van der Waals surface area contributed by atoms with Gasteiger partial charge in [0.05, 0.1) is 25.5 Å². The van der Waals surface area contributed by atoms with Gasteiger partial charge in [-0.3, -0.25) is 0 Å². The summed E-state index contributed by atoms with van der Waals surface area (Å²) < 4.78 is 10.1. The van der Waals surface area contributed by atoms with Crippen molar-refractivity contribution in [2.75, 3.05) is 13.2 Å². The number of esters is 1. The van der Waals surface area contributed by atoms with Gasteiger partial charge in [-0.15, -0.1) is 5.10 Å². The number of hydrogen-bond acceptors (Lipinski definition) is 5. The molecule has 0 unspecified atom stereocenters. The molecular weight excluding hydrogens is 196 g/mol. The number of hydrogen-bond donors (Lipinski definition) is 0. The number of nitrogens with zero attached hydrogens (tertiary/aromatic N) is 2. The Kier molecular flexibility index (Phi) is 2.91. The minimum absolute atomic E-state index is 0.251. The number of fused-ring (bicyclic) bond motifs is 1. The van der Waals surface area contributed by atoms with E-state index in [1.54, 1.807) is 13.0 Å². The lowest BCUT2D eigenvalue weighted by Gasteiger charge is -2.14. The Bertz CT molecular complexity index is 379. The van der Waals surface area contributed by atoms with Gasteiger partial charge in [0.25, 0.3) is 0 Å². The van der Waals surface area contributed by atoms with E-state index in [2.05, 4.69) is 10.2 Å². The maximum absolute atomic E-state index is 11.4. The molecule has 5 heteroatoms. The molecule has 0 aromatic carbocycles. The highest BCUT2D eigenvalue weighted by Gasteiger charge is 2.16. The van der Waals surface area contributed by atoms with Crippen molar-refractivity contribution in [3.63, 3.8) is 0 Å². The summed E-state index contributed by atoms with van der Waals surface area (Å²) in [6, 6.07) is 1.69. The molecule has 2 heterocycles. The molecule has 1 aromatic heterocycles. The second kappa shape index (κ2) is 4.35. The second-order valence-corrected chi connectivity index (χ2v) is 3.22. The molecule has 0 bridgehead atoms. The Morgan fingerprint density at radius 3 is 3.27 bits per heavy atom. The fourth-order valence-electron chi connectivity index (χ4n) is 1.45. The van der Waals surface area contributed by atoms with Crippen molar-refractivity contribution >= 4 is 5.97 Å². The van der Waals surface area contributed by atoms with E-state index in [4.69, 9.17) is 9.47 Å². The predicted octanol–water partition coefficient (Wildman–Crippen LogP) is 0.726. The van der Waals surface area contributed by atoms with Gasteiger partial charge in [-0.05, 0) is 13.0 Å². The van der Waals surface area contributed by atoms with Crippen molar-refractivity contribution in [2.45, 2.75) is 20.0 Å². The van der Waals surface area contributed by atoms with Crippen LogP contribution in [0.1, 0.15) is 28.7 Å². The molecule has 1 aliphatic rings. The molecule has 5 nitrogen and oxygen atoms in total. The number of aromatic nitrogens is 2. The summed E-state index contributed by atoms with van der Waals surface area (Å²) in [5, 5.41) is 7.82. The zero-order valence-electron chi connectivity index (χ0n) is 8.52. The van der Waals surface area contributed by atoms with E-state index in [0.29, 0.717) is 19.8 Å². The standard InChI is InChI=1S/C10H12N2O3/c1-2-15-10(13)9-5-7-6-14-4-3-8(7)11-12-9/h5H,2-4,6H2,1H3. The van der Waals surface area contributed by atoms with E-state index in [-0.39, 0.29) is 5.69 Å². The van der Waals surface area contributed by atoms with Gasteiger partial charge in [0, 0.05) is 12.0 Å². The van der Waals surface area contributed by atoms with E-state index < -0.39 is 5.97 Å². The molecule has 0 aliphatic carbocycles. The predicted molar refractivity (Wildman–Crippen MR) is 51.3 cm³/mol. The van der Waals surface area contributed by atoms with Gasteiger partial charge in [0.2, 0.25) is 0 Å². The maximum atomic E-state index is 11.4. The molecule has 80 valence electrons. The number of ether oxygens (including phenoxy) is 2. The summed E-state index contributed by atoms with van der Waals surface area (Å²) in [7, 11) is 0. The van der Waals surface area contributed by atoms with Crippen molar-refractivity contribution < 1.29 is 14.3 Å². The lowest BCUT2D eigenvalue weighted by molar-refractivity contribution is 0.0516. The topological polar surface area (TPSA) is 61.3 Å². The average Bonchev–Trinajstić information content (AvgIpc) is 2.29. The van der Waals surface area contributed by atoms with Crippen LogP contribution in [-0.2, 0) is 22.5 Å². The van der Waals surface area contributed by atoms with Crippen LogP contribution in [0.15, 0.2) is 6.07 Å². The Morgan fingerprint density at radius 2 is 2.47 bits per heavy atom. The first kappa shape index (κ1) is 10.0. The molecular formula is C10H12N2O3. The Labute approximate surface area is 87.4 Å². The average molecular weight is 208 g/mol. The lowest BCUT2D eigenvalue weighted by atomic mass is 10.1. The highest BCUT2D eigenvalue weighted by molar-refractivity contribution is 5.87. The zero-order valence-corrected chi connectivity index (χ0v) is 8.52. The smallest absolute Gasteiger partial charge is 0.358 e. The summed E-state index contributed by atoms with van der Waals surface area (Å²) >= 11 is 0. The number of carbonyl (C=O) groups is 1. The summed E-state index contributed by atoms with van der Waals surface area (Å²) in [4.78, 5) is 11.4. The first-order valence-corrected chi connectivity index (χ1v) is 4.91. The van der Waals surface area contributed by atoms with E-state index in [1.807, 2.05) is 0 Å². The van der Waals surface area contributed by atoms with E-state index in [1.165, 1.54) is 0 Å². The highest BCUT2D eigenvalue weighted by atomic mass is 16.5. The third kappa shape index (κ3) is 2.12. The summed E-state index contributed by atoms with van der Waals surface area (Å²) in [5.74, 6) is -0.432. The largest absolute Gasteiger partial charge is 0.461 e. The molecule has 1 aromatic rings. The molecule has 0 spiro atoms. The lowest BCUT2D eigenvalue weighted by Crippen LogP contribution is -2.16. The van der Waals surface area contributed by atoms with Crippen LogP contribution >= 0.6 is 0 Å². The van der Waals surface area contributed by atoms with Gasteiger partial charge >= 0.3 is 5.97 Å². The molecule has 1 aliphatic heterocycles. The summed E-state index contributed by atoms with van der Waals surface area (Å²) in [6.07, 6.45) is 0.755. The van der Waals surface area contributed by atoms with E-state index >= 15 is 0 Å². The van der Waals surface area contributed by atoms with E-state index in [9.17, 15) is 4.79 Å². The van der Waals surface area contributed by atoms with Gasteiger partial charge in [0.1, 0.15) is 0 Å². The fraction of sp³-hybridized carbons (Fsp3) is 0.500. The second-order valence-electron chi connectivity index (χ2n) is 3.22. The van der Waals surface area contributed by atoms with Crippen molar-refractivity contribution in [1.29, 1.82) is 0 Å². The third-order valence-electron chi connectivity index (χ3n) is 2.19. The molecule has 0 radical (unpaired) electrons. The summed E-state index contributed by atoms with van der Waals surface area (Å²) in [6.45, 7) is 3.26. The molecule has 0 amide bonds. The maximum Gasteiger partial charge on any atom is 0.358 e. The first-order valence-electron chi connectivity index (χ1n) is 4.91. The molecule has 0 saturated carbocycles. The van der Waals surface area contributed by atoms with Gasteiger partial charge in [-0.25, -0.2) is 4.79 Å². The van der Waals surface area contributed by atoms with Crippen LogP contribution in [-0.4, -0.2) is 29.4 Å². The van der Waals surface area contributed by atoms with Crippen LogP contribution in [0.5, 0.6) is 0 Å². The monoisotopic (exact) mass is 208 g/mol. The Morgan fingerprint density at radius 1 is 1.60 bits per heavy atom. The van der Waals surface area contributed by atoms with Crippen LogP contribution < -0.4 is 0 Å². The van der Waals surface area contributed by atoms with Crippen LogP contribution in [0.3, 0.4) is 0 Å². The molecule has 0 atom stereocenters. The van der Waals surface area contributed by atoms with Crippen LogP contribution in [0, 0.1) is 0 Å². The van der Waals surface area contributed by atoms with Crippen LogP contribution in [0.2, 0.25) is 0 Å². The van der Waals surface area contributed by atoms with E-state index in [0.717, 1.165) is 17.7 Å². The number of rotatable bonds is 2. The molecule has 0 saturated heterocycles. The zero-order chi connectivity index (χ0) is 10.7. The fourth-order valence-corrected chi connectivity index (χ4v) is 1.45. The quantitative estimate of drug-likeness (QED) is 0.670. The van der Waals surface area contributed by atoms with Gasteiger partial charge < -0.3 is 9.47 Å². The van der Waals surface area contributed by atoms with Crippen LogP contribution in [0.25, 0.3) is 0 Å². The first-order chi connectivity index (χ1) is 7.31. The highest BCUT2D eigenvalue weighted by Crippen LogP contribution is 2.14.